The third kappa shape index (κ3) is 16.3. The fourth-order valence-electron chi connectivity index (χ4n) is 2.33. The van der Waals surface area contributed by atoms with Crippen LogP contribution >= 0.6 is 0 Å². The molecule has 0 radical (unpaired) electrons. The highest BCUT2D eigenvalue weighted by Gasteiger charge is 1.98. The second kappa shape index (κ2) is 19.5. The van der Waals surface area contributed by atoms with Gasteiger partial charge in [0.05, 0.1) is 16.7 Å². The SMILES string of the molecule is CC(CCO)CCO.O=C(O)c1ccccc1.O=C(O)c1ccccc1.O=C(O)c1ccccc1. The van der Waals surface area contributed by atoms with Crippen molar-refractivity contribution in [1.29, 1.82) is 0 Å². The number of carbonyl (C=O) groups is 3. The Morgan fingerprint density at radius 3 is 0.914 bits per heavy atom. The number of carboxylic acids is 3. The molecule has 0 saturated heterocycles. The Labute approximate surface area is 204 Å². The van der Waals surface area contributed by atoms with Crippen LogP contribution in [0.2, 0.25) is 0 Å². The van der Waals surface area contributed by atoms with E-state index in [-0.39, 0.29) is 13.2 Å². The van der Waals surface area contributed by atoms with Gasteiger partial charge >= 0.3 is 17.9 Å². The fraction of sp³-hybridized carbons (Fsp3) is 0.222. The van der Waals surface area contributed by atoms with Crippen molar-refractivity contribution in [1.82, 2.24) is 0 Å². The van der Waals surface area contributed by atoms with Gasteiger partial charge < -0.3 is 25.5 Å². The molecule has 35 heavy (non-hydrogen) atoms. The van der Waals surface area contributed by atoms with E-state index in [4.69, 9.17) is 25.5 Å². The molecule has 0 heterocycles. The van der Waals surface area contributed by atoms with Crippen molar-refractivity contribution in [3.05, 3.63) is 108 Å². The summed E-state index contributed by atoms with van der Waals surface area (Å²) in [7, 11) is 0. The number of carboxylic acid groups (broad SMARTS) is 3. The van der Waals surface area contributed by atoms with Gasteiger partial charge in [-0.05, 0) is 55.2 Å². The highest BCUT2D eigenvalue weighted by molar-refractivity contribution is 5.88. The fourth-order valence-corrected chi connectivity index (χ4v) is 2.33. The van der Waals surface area contributed by atoms with Crippen LogP contribution in [0.5, 0.6) is 0 Å². The van der Waals surface area contributed by atoms with E-state index in [1.807, 2.05) is 6.92 Å². The summed E-state index contributed by atoms with van der Waals surface area (Å²) >= 11 is 0. The molecule has 8 heteroatoms. The maximum Gasteiger partial charge on any atom is 0.335 e. The van der Waals surface area contributed by atoms with Gasteiger partial charge in [-0.25, -0.2) is 14.4 Å². The number of aliphatic hydroxyl groups excluding tert-OH is 2. The summed E-state index contributed by atoms with van der Waals surface area (Å²) in [6, 6.07) is 24.9. The molecule has 0 aliphatic heterocycles. The molecule has 0 fully saturated rings. The lowest BCUT2D eigenvalue weighted by Gasteiger charge is -2.04. The molecule has 188 valence electrons. The molecule has 0 unspecified atom stereocenters. The molecule has 0 bridgehead atoms. The van der Waals surface area contributed by atoms with Gasteiger partial charge in [0, 0.05) is 13.2 Å². The topological polar surface area (TPSA) is 152 Å². The first-order chi connectivity index (χ1) is 16.7. The summed E-state index contributed by atoms with van der Waals surface area (Å²) in [5.74, 6) is -2.17. The molecule has 0 saturated carbocycles. The van der Waals surface area contributed by atoms with Crippen LogP contribution in [0.3, 0.4) is 0 Å². The van der Waals surface area contributed by atoms with Crippen LogP contribution in [-0.4, -0.2) is 56.7 Å². The molecule has 0 atom stereocenters. The molecular formula is C27H32O8. The summed E-state index contributed by atoms with van der Waals surface area (Å²) in [6.07, 6.45) is 1.61. The van der Waals surface area contributed by atoms with Crippen LogP contribution in [0.1, 0.15) is 50.8 Å². The number of hydrogen-bond acceptors (Lipinski definition) is 5. The average molecular weight is 485 g/mol. The molecule has 3 aromatic carbocycles. The van der Waals surface area contributed by atoms with Crippen LogP contribution in [0, 0.1) is 5.92 Å². The van der Waals surface area contributed by atoms with Crippen LogP contribution in [0.25, 0.3) is 0 Å². The van der Waals surface area contributed by atoms with E-state index >= 15 is 0 Å². The van der Waals surface area contributed by atoms with Crippen LogP contribution in [-0.2, 0) is 0 Å². The predicted octanol–water partition coefficient (Wildman–Crippen LogP) is 4.54. The lowest BCUT2D eigenvalue weighted by Crippen LogP contribution is -1.99. The van der Waals surface area contributed by atoms with Gasteiger partial charge in [-0.3, -0.25) is 0 Å². The Hall–Kier alpha value is -4.01. The highest BCUT2D eigenvalue weighted by Crippen LogP contribution is 2.04. The van der Waals surface area contributed by atoms with Crippen molar-refractivity contribution in [3.8, 4) is 0 Å². The zero-order chi connectivity index (χ0) is 26.5. The summed E-state index contributed by atoms with van der Waals surface area (Å²) in [4.78, 5) is 30.6. The smallest absolute Gasteiger partial charge is 0.335 e. The quantitative estimate of drug-likeness (QED) is 0.328. The minimum absolute atomic E-state index is 0.237. The highest BCUT2D eigenvalue weighted by atomic mass is 16.4. The third-order valence-electron chi connectivity index (χ3n) is 4.31. The Bertz CT molecular complexity index is 837. The third-order valence-corrected chi connectivity index (χ3v) is 4.31. The molecule has 5 N–H and O–H groups in total. The van der Waals surface area contributed by atoms with E-state index in [0.717, 1.165) is 12.8 Å². The number of hydrogen-bond donors (Lipinski definition) is 5. The normalized spacial score (nSPS) is 9.26. The Kier molecular flexibility index (Phi) is 17.2. The molecule has 0 aromatic heterocycles. The van der Waals surface area contributed by atoms with E-state index < -0.39 is 17.9 Å². The standard InChI is InChI=1S/3C7H6O2.C6H14O2/c3*8-7(9)6-4-2-1-3-5-6;1-6(2-4-7)3-5-8/h3*1-5H,(H,8,9);6-8H,2-5H2,1H3. The lowest BCUT2D eigenvalue weighted by molar-refractivity contribution is 0.0686. The minimum atomic E-state index is -0.879. The van der Waals surface area contributed by atoms with Crippen molar-refractivity contribution in [2.45, 2.75) is 19.8 Å². The zero-order valence-corrected chi connectivity index (χ0v) is 19.5. The Balaban J connectivity index is 0.000000441. The molecule has 0 aliphatic carbocycles. The van der Waals surface area contributed by atoms with Gasteiger partial charge in [0.25, 0.3) is 0 Å². The summed E-state index contributed by atoms with van der Waals surface area (Å²) in [5.41, 5.74) is 0.993. The van der Waals surface area contributed by atoms with Gasteiger partial charge in [0.15, 0.2) is 0 Å². The first-order valence-corrected chi connectivity index (χ1v) is 10.8. The second-order valence-electron chi connectivity index (χ2n) is 7.14. The number of aromatic carboxylic acids is 3. The van der Waals surface area contributed by atoms with Crippen LogP contribution < -0.4 is 0 Å². The van der Waals surface area contributed by atoms with E-state index in [1.54, 1.807) is 91.0 Å². The molecular weight excluding hydrogens is 452 g/mol. The van der Waals surface area contributed by atoms with Crippen molar-refractivity contribution in [3.63, 3.8) is 0 Å². The average Bonchev–Trinajstić information content (AvgIpc) is 2.87. The largest absolute Gasteiger partial charge is 0.478 e. The molecule has 3 aromatic rings. The van der Waals surface area contributed by atoms with Crippen LogP contribution in [0.15, 0.2) is 91.0 Å². The summed E-state index contributed by atoms with van der Waals surface area (Å²) in [5, 5.41) is 41.9. The number of benzene rings is 3. The molecule has 3 rings (SSSR count). The van der Waals surface area contributed by atoms with Gasteiger partial charge in [0.1, 0.15) is 0 Å². The Morgan fingerprint density at radius 2 is 0.771 bits per heavy atom. The van der Waals surface area contributed by atoms with Crippen molar-refractivity contribution in [2.24, 2.45) is 5.92 Å². The van der Waals surface area contributed by atoms with E-state index in [9.17, 15) is 14.4 Å². The van der Waals surface area contributed by atoms with Gasteiger partial charge in [-0.1, -0.05) is 61.5 Å². The number of aliphatic hydroxyl groups is 2. The van der Waals surface area contributed by atoms with Gasteiger partial charge in [-0.15, -0.1) is 0 Å². The first-order valence-electron chi connectivity index (χ1n) is 10.8. The first kappa shape index (κ1) is 31.0. The lowest BCUT2D eigenvalue weighted by atomic mass is 10.1. The zero-order valence-electron chi connectivity index (χ0n) is 19.5. The van der Waals surface area contributed by atoms with E-state index in [2.05, 4.69) is 0 Å². The maximum absolute atomic E-state index is 10.2. The van der Waals surface area contributed by atoms with Gasteiger partial charge in [0.2, 0.25) is 0 Å². The molecule has 0 spiro atoms. The Morgan fingerprint density at radius 1 is 0.543 bits per heavy atom. The monoisotopic (exact) mass is 484 g/mol. The van der Waals surface area contributed by atoms with Crippen molar-refractivity contribution >= 4 is 17.9 Å². The minimum Gasteiger partial charge on any atom is -0.478 e. The van der Waals surface area contributed by atoms with E-state index in [1.165, 1.54) is 0 Å². The molecule has 0 amide bonds. The molecule has 8 nitrogen and oxygen atoms in total. The van der Waals surface area contributed by atoms with E-state index in [0.29, 0.717) is 22.6 Å². The second-order valence-corrected chi connectivity index (χ2v) is 7.14. The van der Waals surface area contributed by atoms with Crippen molar-refractivity contribution < 1.29 is 39.9 Å². The molecule has 0 aliphatic rings. The van der Waals surface area contributed by atoms with Crippen LogP contribution in [0.4, 0.5) is 0 Å². The summed E-state index contributed by atoms with van der Waals surface area (Å²) in [6.45, 7) is 2.49. The maximum atomic E-state index is 10.2. The number of rotatable bonds is 7. The summed E-state index contributed by atoms with van der Waals surface area (Å²) < 4.78 is 0. The predicted molar refractivity (Wildman–Crippen MR) is 133 cm³/mol. The van der Waals surface area contributed by atoms with Crippen molar-refractivity contribution in [2.75, 3.05) is 13.2 Å². The van der Waals surface area contributed by atoms with Gasteiger partial charge in [-0.2, -0.15) is 0 Å².